The summed E-state index contributed by atoms with van der Waals surface area (Å²) in [7, 11) is 1.44. The zero-order valence-corrected chi connectivity index (χ0v) is 23.3. The molecule has 5 rings (SSSR count). The van der Waals surface area contributed by atoms with Crippen LogP contribution in [0.25, 0.3) is 0 Å². The average molecular weight is 558 g/mol. The van der Waals surface area contributed by atoms with E-state index < -0.39 is 11.9 Å². The quantitative estimate of drug-likeness (QED) is 0.178. The van der Waals surface area contributed by atoms with Gasteiger partial charge in [0.25, 0.3) is 0 Å². The molecular weight excluding hydrogens is 521 g/mol. The maximum Gasteiger partial charge on any atom is 0.233 e. The minimum Gasteiger partial charge on any atom is -0.494 e. The van der Waals surface area contributed by atoms with Gasteiger partial charge in [-0.1, -0.05) is 37.3 Å². The number of aliphatic hydroxyl groups is 1. The molecule has 0 saturated carbocycles. The molecule has 1 aliphatic heterocycles. The molecule has 0 radical (unpaired) electrons. The van der Waals surface area contributed by atoms with E-state index in [0.29, 0.717) is 29.1 Å². The molecule has 4 N–H and O–H groups in total. The van der Waals surface area contributed by atoms with Crippen molar-refractivity contribution in [3.63, 3.8) is 0 Å². The highest BCUT2D eigenvalue weighted by molar-refractivity contribution is 5.82. The fraction of sp³-hybridized carbons (Fsp3) is 0.323. The fourth-order valence-electron chi connectivity index (χ4n) is 5.38. The predicted octanol–water partition coefficient (Wildman–Crippen LogP) is 5.58. The molecule has 1 aliphatic rings. The first kappa shape index (κ1) is 28.3. The van der Waals surface area contributed by atoms with E-state index in [0.717, 1.165) is 30.6 Å². The number of rotatable bonds is 12. The smallest absolute Gasteiger partial charge is 0.233 e. The largest absolute Gasteiger partial charge is 0.494 e. The molecule has 0 amide bonds. The summed E-state index contributed by atoms with van der Waals surface area (Å²) in [5.74, 6) is 0.0602. The van der Waals surface area contributed by atoms with Crippen LogP contribution in [0.4, 0.5) is 33.1 Å². The molecule has 9 nitrogen and oxygen atoms in total. The number of benzene rings is 3. The van der Waals surface area contributed by atoms with Crippen LogP contribution in [-0.4, -0.2) is 52.4 Å². The van der Waals surface area contributed by atoms with Gasteiger partial charge in [0, 0.05) is 29.5 Å². The zero-order valence-electron chi connectivity index (χ0n) is 23.3. The average Bonchev–Trinajstić information content (AvgIpc) is 3.55. The van der Waals surface area contributed by atoms with Crippen LogP contribution in [0, 0.1) is 5.82 Å². The third-order valence-electron chi connectivity index (χ3n) is 7.43. The number of nitrogens with zero attached hydrogens (tertiary/aromatic N) is 4. The summed E-state index contributed by atoms with van der Waals surface area (Å²) in [6.45, 7) is 3.01. The summed E-state index contributed by atoms with van der Waals surface area (Å²) in [6.07, 6.45) is 6.11. The van der Waals surface area contributed by atoms with Crippen LogP contribution in [-0.2, 0) is 0 Å². The third-order valence-corrected chi connectivity index (χ3v) is 7.43. The molecule has 41 heavy (non-hydrogen) atoms. The first-order valence-electron chi connectivity index (χ1n) is 13.9. The molecular formula is C31H36FN7O2. The third kappa shape index (κ3) is 6.55. The van der Waals surface area contributed by atoms with Crippen molar-refractivity contribution in [3.05, 3.63) is 90.8 Å². The van der Waals surface area contributed by atoms with Gasteiger partial charge in [0.1, 0.15) is 12.7 Å². The van der Waals surface area contributed by atoms with Gasteiger partial charge in [-0.3, -0.25) is 4.90 Å². The number of ether oxygens (including phenoxy) is 1. The molecule has 1 aromatic heterocycles. The number of aromatic nitrogens is 3. The summed E-state index contributed by atoms with van der Waals surface area (Å²) < 4.78 is 19.8. The molecule has 3 aromatic carbocycles. The number of nitrogens with one attached hydrogen (secondary N) is 3. The highest BCUT2D eigenvalue weighted by atomic mass is 19.1. The summed E-state index contributed by atoms with van der Waals surface area (Å²) in [5.41, 5.74) is 3.73. The van der Waals surface area contributed by atoms with E-state index in [9.17, 15) is 9.50 Å². The van der Waals surface area contributed by atoms with Gasteiger partial charge < -0.3 is 25.8 Å². The van der Waals surface area contributed by atoms with Gasteiger partial charge >= 0.3 is 0 Å². The van der Waals surface area contributed by atoms with E-state index >= 15 is 0 Å². The Morgan fingerprint density at radius 3 is 2.51 bits per heavy atom. The van der Waals surface area contributed by atoms with Crippen LogP contribution < -0.4 is 25.6 Å². The van der Waals surface area contributed by atoms with Crippen LogP contribution >= 0.6 is 0 Å². The van der Waals surface area contributed by atoms with Gasteiger partial charge in [0.15, 0.2) is 11.6 Å². The van der Waals surface area contributed by atoms with Crippen molar-refractivity contribution in [2.24, 2.45) is 0 Å². The Morgan fingerprint density at radius 2 is 1.85 bits per heavy atom. The minimum absolute atomic E-state index is 0.164. The lowest BCUT2D eigenvalue weighted by Crippen LogP contribution is -2.39. The highest BCUT2D eigenvalue weighted by Gasteiger charge is 2.28. The Hall–Kier alpha value is -4.28. The van der Waals surface area contributed by atoms with Crippen molar-refractivity contribution in [2.45, 2.75) is 44.3 Å². The SMILES string of the molecule is CCC(Nc1ccc(N(c2ncncn2)C(CO)c2ccccc2)c(Nc2ccc(OC)c(F)c2)c1)C1CCCN1. The number of aliphatic hydroxyl groups excluding tert-OH is 1. The first-order valence-corrected chi connectivity index (χ1v) is 13.9. The first-order chi connectivity index (χ1) is 20.1. The topological polar surface area (TPSA) is 107 Å². The second kappa shape index (κ2) is 13.4. The number of anilines is 5. The summed E-state index contributed by atoms with van der Waals surface area (Å²) in [6, 6.07) is 20.6. The lowest BCUT2D eigenvalue weighted by molar-refractivity contribution is 0.266. The van der Waals surface area contributed by atoms with Gasteiger partial charge in [-0.2, -0.15) is 0 Å². The zero-order chi connectivity index (χ0) is 28.6. The number of hydrogen-bond donors (Lipinski definition) is 4. The summed E-state index contributed by atoms with van der Waals surface area (Å²) in [5, 5.41) is 21.4. The molecule has 10 heteroatoms. The van der Waals surface area contributed by atoms with Crippen LogP contribution in [0.2, 0.25) is 0 Å². The molecule has 1 saturated heterocycles. The van der Waals surface area contributed by atoms with Crippen LogP contribution in [0.3, 0.4) is 0 Å². The molecule has 0 spiro atoms. The van der Waals surface area contributed by atoms with E-state index in [1.54, 1.807) is 12.1 Å². The van der Waals surface area contributed by atoms with Crippen LogP contribution in [0.1, 0.15) is 37.8 Å². The maximum atomic E-state index is 14.7. The normalized spacial score (nSPS) is 16.1. The lowest BCUT2D eigenvalue weighted by Gasteiger charge is -2.33. The predicted molar refractivity (Wildman–Crippen MR) is 160 cm³/mol. The molecule has 214 valence electrons. The van der Waals surface area contributed by atoms with E-state index in [2.05, 4.69) is 37.8 Å². The Morgan fingerprint density at radius 1 is 1.07 bits per heavy atom. The lowest BCUT2D eigenvalue weighted by atomic mass is 10.0. The van der Waals surface area contributed by atoms with E-state index in [1.807, 2.05) is 53.4 Å². The summed E-state index contributed by atoms with van der Waals surface area (Å²) in [4.78, 5) is 14.7. The van der Waals surface area contributed by atoms with E-state index in [-0.39, 0.29) is 18.4 Å². The Bertz CT molecular complexity index is 1400. The van der Waals surface area contributed by atoms with Crippen molar-refractivity contribution in [1.82, 2.24) is 20.3 Å². The standard InChI is InChI=1S/C31H36FN7O2/c1-3-25(26-10-7-15-34-26)37-23-11-13-28(27(17-23)38-22-12-14-30(41-2)24(32)16-22)39(31-35-19-33-20-36-31)29(18-40)21-8-5-4-6-9-21/h4-6,8-9,11-14,16-17,19-20,25-26,29,34,37-38,40H,3,7,10,15,18H2,1-2H3. The van der Waals surface area contributed by atoms with Gasteiger partial charge in [-0.15, -0.1) is 0 Å². The Labute approximate surface area is 239 Å². The monoisotopic (exact) mass is 557 g/mol. The molecule has 2 heterocycles. The second-order valence-corrected chi connectivity index (χ2v) is 9.99. The van der Waals surface area contributed by atoms with Gasteiger partial charge in [-0.05, 0) is 61.7 Å². The van der Waals surface area contributed by atoms with Gasteiger partial charge in [0.2, 0.25) is 5.95 Å². The van der Waals surface area contributed by atoms with Crippen LogP contribution in [0.5, 0.6) is 5.75 Å². The van der Waals surface area contributed by atoms with E-state index in [4.69, 9.17) is 4.74 Å². The summed E-state index contributed by atoms with van der Waals surface area (Å²) >= 11 is 0. The Kier molecular flexibility index (Phi) is 9.22. The van der Waals surface area contributed by atoms with Crippen LogP contribution in [0.15, 0.2) is 79.4 Å². The molecule has 4 aromatic rings. The Balaban J connectivity index is 1.60. The number of hydrogen-bond acceptors (Lipinski definition) is 9. The van der Waals surface area contributed by atoms with Crippen molar-refractivity contribution < 1.29 is 14.2 Å². The molecule has 3 unspecified atom stereocenters. The van der Waals surface area contributed by atoms with Gasteiger partial charge in [-0.25, -0.2) is 19.3 Å². The number of methoxy groups -OCH3 is 1. The molecule has 1 fully saturated rings. The minimum atomic E-state index is -0.503. The van der Waals surface area contributed by atoms with Crippen molar-refractivity contribution in [1.29, 1.82) is 0 Å². The second-order valence-electron chi connectivity index (χ2n) is 9.99. The molecule has 0 aliphatic carbocycles. The molecule has 0 bridgehead atoms. The van der Waals surface area contributed by atoms with Crippen molar-refractivity contribution >= 4 is 28.7 Å². The molecule has 3 atom stereocenters. The van der Waals surface area contributed by atoms with E-state index in [1.165, 1.54) is 32.3 Å². The van der Waals surface area contributed by atoms with Crippen molar-refractivity contribution in [2.75, 3.05) is 35.8 Å². The van der Waals surface area contributed by atoms with Crippen molar-refractivity contribution in [3.8, 4) is 5.75 Å². The highest BCUT2D eigenvalue weighted by Crippen LogP contribution is 2.40. The maximum absolute atomic E-state index is 14.7. The fourth-order valence-corrected chi connectivity index (χ4v) is 5.38. The number of halogens is 1. The van der Waals surface area contributed by atoms with Gasteiger partial charge in [0.05, 0.1) is 31.1 Å².